The van der Waals surface area contributed by atoms with E-state index < -0.39 is 12.1 Å². The van der Waals surface area contributed by atoms with Gasteiger partial charge in [0.25, 0.3) is 0 Å². The minimum absolute atomic E-state index is 0.170. The number of aromatic nitrogens is 2. The number of rotatable bonds is 7. The Hall–Kier alpha value is -3.79. The lowest BCUT2D eigenvalue weighted by Crippen LogP contribution is -2.54. The van der Waals surface area contributed by atoms with Gasteiger partial charge in [0, 0.05) is 86.9 Å². The molecule has 2 aliphatic heterocycles. The standard InChI is InChI=1S/C30H35ClN6O.C2HF3O2/c31-28-15-27(10-5-24(28)16-32)38-26-8-3-22(4-9-26)29-17-34-30(35-29)23-1-6-25(7-2-23)37-19-21(20-37)18-36-13-11-33-12-14-36;3-2(4,5)1(6)7/h1-2,5-7,10,15,17,21-22,26,33H,3-4,8-9,11-14,18-20H2,(H,34,35);(H,6,7)/t22-,26-;. The number of alkyl halides is 3. The Bertz CT molecular complexity index is 1470. The molecule has 3 fully saturated rings. The molecule has 45 heavy (non-hydrogen) atoms. The molecular formula is C32H36ClF3N6O3. The van der Waals surface area contributed by atoms with Gasteiger partial charge in [0.15, 0.2) is 0 Å². The molecule has 3 N–H and O–H groups in total. The Morgan fingerprint density at radius 1 is 1.09 bits per heavy atom. The predicted octanol–water partition coefficient (Wildman–Crippen LogP) is 5.68. The highest BCUT2D eigenvalue weighted by atomic mass is 35.5. The number of aliphatic carboxylic acids is 1. The monoisotopic (exact) mass is 644 g/mol. The zero-order chi connectivity index (χ0) is 32.0. The first-order chi connectivity index (χ1) is 21.6. The summed E-state index contributed by atoms with van der Waals surface area (Å²) in [4.78, 5) is 22.3. The van der Waals surface area contributed by atoms with Crippen LogP contribution in [0.1, 0.15) is 42.9 Å². The first kappa shape index (κ1) is 32.6. The van der Waals surface area contributed by atoms with Crippen molar-refractivity contribution in [2.45, 2.75) is 43.9 Å². The molecule has 1 aromatic heterocycles. The maximum Gasteiger partial charge on any atom is 0.490 e. The Balaban J connectivity index is 0.000000515. The molecule has 3 heterocycles. The van der Waals surface area contributed by atoms with Gasteiger partial charge in [-0.25, -0.2) is 9.78 Å². The van der Waals surface area contributed by atoms with Crippen LogP contribution in [-0.4, -0.2) is 84.0 Å². The number of nitriles is 1. The summed E-state index contributed by atoms with van der Waals surface area (Å²) in [5.74, 6) is 0.166. The van der Waals surface area contributed by atoms with E-state index in [9.17, 15) is 13.2 Å². The molecule has 0 bridgehead atoms. The number of imidazole rings is 1. The van der Waals surface area contributed by atoms with Crippen molar-refractivity contribution >= 4 is 23.3 Å². The second-order valence-corrected chi connectivity index (χ2v) is 12.1. The number of nitrogens with zero attached hydrogens (tertiary/aromatic N) is 4. The van der Waals surface area contributed by atoms with Crippen LogP contribution in [0, 0.1) is 17.2 Å². The van der Waals surface area contributed by atoms with Crippen LogP contribution in [-0.2, 0) is 4.79 Å². The average molecular weight is 645 g/mol. The van der Waals surface area contributed by atoms with Gasteiger partial charge in [-0.1, -0.05) is 11.6 Å². The first-order valence-corrected chi connectivity index (χ1v) is 15.5. The van der Waals surface area contributed by atoms with E-state index in [1.807, 2.05) is 12.3 Å². The van der Waals surface area contributed by atoms with Gasteiger partial charge in [-0.2, -0.15) is 18.4 Å². The Morgan fingerprint density at radius 3 is 2.36 bits per heavy atom. The van der Waals surface area contributed by atoms with Crippen molar-refractivity contribution in [1.29, 1.82) is 5.26 Å². The Kier molecular flexibility index (Phi) is 10.5. The van der Waals surface area contributed by atoms with Crippen molar-refractivity contribution in [3.8, 4) is 23.2 Å². The van der Waals surface area contributed by atoms with Crippen LogP contribution in [0.2, 0.25) is 5.02 Å². The molecule has 0 unspecified atom stereocenters. The Morgan fingerprint density at radius 2 is 1.76 bits per heavy atom. The van der Waals surface area contributed by atoms with Gasteiger partial charge in [0.2, 0.25) is 0 Å². The van der Waals surface area contributed by atoms with E-state index in [1.165, 1.54) is 31.0 Å². The van der Waals surface area contributed by atoms with Crippen molar-refractivity contribution in [3.05, 3.63) is 64.9 Å². The van der Waals surface area contributed by atoms with Crippen molar-refractivity contribution in [2.24, 2.45) is 5.92 Å². The van der Waals surface area contributed by atoms with Gasteiger partial charge in [0.1, 0.15) is 17.6 Å². The highest BCUT2D eigenvalue weighted by Crippen LogP contribution is 2.35. The highest BCUT2D eigenvalue weighted by molar-refractivity contribution is 6.31. The summed E-state index contributed by atoms with van der Waals surface area (Å²) in [5, 5.41) is 20.1. The quantitative estimate of drug-likeness (QED) is 0.301. The molecule has 0 radical (unpaired) electrons. The molecule has 0 spiro atoms. The third kappa shape index (κ3) is 8.69. The molecule has 3 aromatic rings. The lowest BCUT2D eigenvalue weighted by molar-refractivity contribution is -0.192. The zero-order valence-electron chi connectivity index (χ0n) is 24.7. The van der Waals surface area contributed by atoms with Gasteiger partial charge in [-0.15, -0.1) is 0 Å². The van der Waals surface area contributed by atoms with Crippen molar-refractivity contribution < 1.29 is 27.8 Å². The SMILES string of the molecule is N#Cc1ccc(O[C@H]2CC[C@H](c3cnc(-c4ccc(N5CC(CN6CCNCC6)C5)cc4)[nH]3)CC2)cc1Cl.O=C(O)C(F)(F)F. The summed E-state index contributed by atoms with van der Waals surface area (Å²) in [6, 6.07) is 16.2. The van der Waals surface area contributed by atoms with E-state index in [0.29, 0.717) is 16.5 Å². The summed E-state index contributed by atoms with van der Waals surface area (Å²) >= 11 is 6.16. The topological polar surface area (TPSA) is 118 Å². The van der Waals surface area contributed by atoms with Crippen molar-refractivity contribution in [2.75, 3.05) is 50.7 Å². The number of benzene rings is 2. The number of carboxylic acid groups (broad SMARTS) is 1. The van der Waals surface area contributed by atoms with Gasteiger partial charge in [-0.05, 0) is 62.1 Å². The third-order valence-electron chi connectivity index (χ3n) is 8.50. The number of carboxylic acids is 1. The van der Waals surface area contributed by atoms with Gasteiger partial charge in [-0.3, -0.25) is 0 Å². The molecule has 13 heteroatoms. The van der Waals surface area contributed by atoms with Crippen LogP contribution in [0.3, 0.4) is 0 Å². The molecule has 1 aliphatic carbocycles. The van der Waals surface area contributed by atoms with E-state index in [-0.39, 0.29) is 6.10 Å². The summed E-state index contributed by atoms with van der Waals surface area (Å²) in [5.41, 5.74) is 4.12. The number of piperazine rings is 1. The van der Waals surface area contributed by atoms with Crippen LogP contribution in [0.25, 0.3) is 11.4 Å². The molecule has 3 aliphatic rings. The van der Waals surface area contributed by atoms with E-state index in [0.717, 1.165) is 74.9 Å². The molecule has 2 aromatic carbocycles. The lowest BCUT2D eigenvalue weighted by Gasteiger charge is -2.44. The van der Waals surface area contributed by atoms with Crippen LogP contribution in [0.15, 0.2) is 48.7 Å². The second-order valence-electron chi connectivity index (χ2n) is 11.7. The fourth-order valence-electron chi connectivity index (χ4n) is 6.02. The number of hydrogen-bond donors (Lipinski definition) is 3. The molecule has 6 rings (SSSR count). The van der Waals surface area contributed by atoms with E-state index in [2.05, 4.69) is 50.4 Å². The van der Waals surface area contributed by atoms with Gasteiger partial charge in [0.05, 0.1) is 16.7 Å². The minimum Gasteiger partial charge on any atom is -0.490 e. The lowest BCUT2D eigenvalue weighted by atomic mass is 9.85. The predicted molar refractivity (Wildman–Crippen MR) is 165 cm³/mol. The average Bonchev–Trinajstić information content (AvgIpc) is 3.50. The van der Waals surface area contributed by atoms with Crippen LogP contribution in [0.5, 0.6) is 5.75 Å². The molecule has 0 atom stereocenters. The van der Waals surface area contributed by atoms with E-state index in [4.69, 9.17) is 36.5 Å². The second kappa shape index (κ2) is 14.5. The van der Waals surface area contributed by atoms with E-state index in [1.54, 1.807) is 12.1 Å². The minimum atomic E-state index is -5.08. The third-order valence-corrected chi connectivity index (χ3v) is 8.82. The molecular weight excluding hydrogens is 609 g/mol. The highest BCUT2D eigenvalue weighted by Gasteiger charge is 2.38. The molecule has 2 saturated heterocycles. The number of halogens is 4. The van der Waals surface area contributed by atoms with E-state index >= 15 is 0 Å². The number of anilines is 1. The van der Waals surface area contributed by atoms with Crippen LogP contribution < -0.4 is 15.0 Å². The normalized spacial score (nSPS) is 20.8. The fraction of sp³-hybridized carbons (Fsp3) is 0.469. The molecule has 9 nitrogen and oxygen atoms in total. The fourth-order valence-corrected chi connectivity index (χ4v) is 6.23. The number of H-pyrrole nitrogens is 1. The maximum absolute atomic E-state index is 10.6. The molecule has 1 saturated carbocycles. The smallest absolute Gasteiger partial charge is 0.490 e. The number of carbonyl (C=O) groups is 1. The number of hydrogen-bond acceptors (Lipinski definition) is 7. The maximum atomic E-state index is 10.6. The number of ether oxygens (including phenoxy) is 1. The molecule has 240 valence electrons. The largest absolute Gasteiger partial charge is 0.490 e. The Labute approximate surface area is 264 Å². The summed E-state index contributed by atoms with van der Waals surface area (Å²) in [6.07, 6.45) is 1.17. The molecule has 0 amide bonds. The van der Waals surface area contributed by atoms with Crippen molar-refractivity contribution in [3.63, 3.8) is 0 Å². The van der Waals surface area contributed by atoms with Gasteiger partial charge < -0.3 is 29.9 Å². The number of aromatic amines is 1. The van der Waals surface area contributed by atoms with Crippen molar-refractivity contribution in [1.82, 2.24) is 20.2 Å². The van der Waals surface area contributed by atoms with Gasteiger partial charge >= 0.3 is 12.1 Å². The van der Waals surface area contributed by atoms with Crippen LogP contribution in [0.4, 0.5) is 18.9 Å². The first-order valence-electron chi connectivity index (χ1n) is 15.1. The summed E-state index contributed by atoms with van der Waals surface area (Å²) in [6.45, 7) is 8.13. The van der Waals surface area contributed by atoms with Crippen LogP contribution >= 0.6 is 11.6 Å². The number of nitrogens with one attached hydrogen (secondary N) is 2. The zero-order valence-corrected chi connectivity index (χ0v) is 25.4. The summed E-state index contributed by atoms with van der Waals surface area (Å²) in [7, 11) is 0. The summed E-state index contributed by atoms with van der Waals surface area (Å²) < 4.78 is 37.9.